The average Bonchev–Trinajstić information content (AvgIpc) is 2.88. The molecular formula is C16H16F2N2O4S. The van der Waals surface area contributed by atoms with E-state index >= 15 is 0 Å². The fourth-order valence-electron chi connectivity index (χ4n) is 1.90. The Morgan fingerprint density at radius 2 is 2.04 bits per heavy atom. The van der Waals surface area contributed by atoms with Crippen LogP contribution in [0.15, 0.2) is 22.7 Å². The lowest BCUT2D eigenvalue weighted by Crippen LogP contribution is -2.21. The van der Waals surface area contributed by atoms with Gasteiger partial charge in [0.05, 0.1) is 11.4 Å². The van der Waals surface area contributed by atoms with Crippen LogP contribution in [0.3, 0.4) is 0 Å². The first kappa shape index (κ1) is 18.9. The Kier molecular flexibility index (Phi) is 6.51. The monoisotopic (exact) mass is 370 g/mol. The summed E-state index contributed by atoms with van der Waals surface area (Å²) in [4.78, 5) is 23.3. The molecule has 0 atom stereocenters. The predicted molar refractivity (Wildman–Crippen MR) is 88.1 cm³/mol. The van der Waals surface area contributed by atoms with Crippen LogP contribution in [0.5, 0.6) is 0 Å². The van der Waals surface area contributed by atoms with Crippen LogP contribution >= 0.6 is 11.8 Å². The number of nitrogens with zero attached hydrogens (tertiary/aromatic N) is 1. The molecule has 0 unspecified atom stereocenters. The van der Waals surface area contributed by atoms with E-state index in [0.717, 1.165) is 23.4 Å². The zero-order valence-corrected chi connectivity index (χ0v) is 14.4. The number of esters is 1. The van der Waals surface area contributed by atoms with Gasteiger partial charge in [-0.05, 0) is 26.0 Å². The standard InChI is InChI=1S/C16H16F2N2O4S/c1-9-12(10(2)24-20-9)7-25-8-16(22)23-6-15(21)19-11-3-4-13(17)14(18)5-11/h3-5H,6-8H2,1-2H3,(H,19,21). The van der Waals surface area contributed by atoms with E-state index in [0.29, 0.717) is 11.5 Å². The Hall–Kier alpha value is -2.42. The summed E-state index contributed by atoms with van der Waals surface area (Å²) in [6, 6.07) is 2.94. The highest BCUT2D eigenvalue weighted by Gasteiger charge is 2.12. The maximum atomic E-state index is 13.0. The van der Waals surface area contributed by atoms with E-state index in [1.165, 1.54) is 17.8 Å². The van der Waals surface area contributed by atoms with Crippen LogP contribution in [-0.2, 0) is 20.1 Å². The van der Waals surface area contributed by atoms with Crippen molar-refractivity contribution in [2.24, 2.45) is 0 Å². The summed E-state index contributed by atoms with van der Waals surface area (Å²) in [7, 11) is 0. The maximum Gasteiger partial charge on any atom is 0.316 e. The summed E-state index contributed by atoms with van der Waals surface area (Å²) in [6.07, 6.45) is 0. The van der Waals surface area contributed by atoms with Crippen molar-refractivity contribution in [2.45, 2.75) is 19.6 Å². The molecule has 0 spiro atoms. The quantitative estimate of drug-likeness (QED) is 0.755. The third-order valence-electron chi connectivity index (χ3n) is 3.22. The van der Waals surface area contributed by atoms with E-state index in [-0.39, 0.29) is 11.4 Å². The number of amides is 1. The molecule has 6 nitrogen and oxygen atoms in total. The average molecular weight is 370 g/mol. The number of aromatic nitrogens is 1. The number of anilines is 1. The molecule has 0 bridgehead atoms. The SMILES string of the molecule is Cc1noc(C)c1CSCC(=O)OCC(=O)Nc1ccc(F)c(F)c1. The van der Waals surface area contributed by atoms with E-state index in [1.807, 2.05) is 6.92 Å². The second-order valence-electron chi connectivity index (χ2n) is 5.13. The number of hydrogen-bond donors (Lipinski definition) is 1. The first-order chi connectivity index (χ1) is 11.9. The van der Waals surface area contributed by atoms with Crippen molar-refractivity contribution in [3.8, 4) is 0 Å². The normalized spacial score (nSPS) is 10.6. The van der Waals surface area contributed by atoms with Gasteiger partial charge in [-0.3, -0.25) is 9.59 Å². The number of thioether (sulfide) groups is 1. The third-order valence-corrected chi connectivity index (χ3v) is 4.15. The van der Waals surface area contributed by atoms with E-state index in [2.05, 4.69) is 10.5 Å². The Morgan fingerprint density at radius 1 is 1.28 bits per heavy atom. The molecule has 1 amide bonds. The van der Waals surface area contributed by atoms with Crippen LogP contribution in [-0.4, -0.2) is 29.4 Å². The molecule has 0 saturated heterocycles. The Morgan fingerprint density at radius 3 is 2.68 bits per heavy atom. The fraction of sp³-hybridized carbons (Fsp3) is 0.312. The molecule has 0 saturated carbocycles. The number of carbonyl (C=O) groups is 2. The van der Waals surface area contributed by atoms with Crippen LogP contribution in [0.1, 0.15) is 17.0 Å². The highest BCUT2D eigenvalue weighted by molar-refractivity contribution is 7.99. The van der Waals surface area contributed by atoms with Gasteiger partial charge < -0.3 is 14.6 Å². The Balaban J connectivity index is 1.70. The number of aryl methyl sites for hydroxylation is 2. The lowest BCUT2D eigenvalue weighted by Gasteiger charge is -2.07. The van der Waals surface area contributed by atoms with Crippen molar-refractivity contribution >= 4 is 29.3 Å². The summed E-state index contributed by atoms with van der Waals surface area (Å²) in [5.41, 5.74) is 1.77. The van der Waals surface area contributed by atoms with E-state index in [1.54, 1.807) is 6.92 Å². The van der Waals surface area contributed by atoms with Gasteiger partial charge in [-0.15, -0.1) is 11.8 Å². The second kappa shape index (κ2) is 8.61. The molecule has 0 aliphatic rings. The molecule has 0 radical (unpaired) electrons. The summed E-state index contributed by atoms with van der Waals surface area (Å²) >= 11 is 1.31. The van der Waals surface area contributed by atoms with Crippen LogP contribution in [0.25, 0.3) is 0 Å². The minimum Gasteiger partial charge on any atom is -0.455 e. The minimum absolute atomic E-state index is 0.0581. The molecule has 1 heterocycles. The maximum absolute atomic E-state index is 13.0. The number of halogens is 2. The van der Waals surface area contributed by atoms with Gasteiger partial charge in [0.25, 0.3) is 5.91 Å². The van der Waals surface area contributed by atoms with Crippen molar-refractivity contribution in [2.75, 3.05) is 17.7 Å². The molecule has 134 valence electrons. The molecular weight excluding hydrogens is 354 g/mol. The van der Waals surface area contributed by atoms with Crippen LogP contribution < -0.4 is 5.32 Å². The molecule has 25 heavy (non-hydrogen) atoms. The van der Waals surface area contributed by atoms with Crippen molar-refractivity contribution in [3.63, 3.8) is 0 Å². The topological polar surface area (TPSA) is 81.4 Å². The lowest BCUT2D eigenvalue weighted by atomic mass is 10.2. The first-order valence-electron chi connectivity index (χ1n) is 7.27. The van der Waals surface area contributed by atoms with Crippen molar-refractivity contribution in [1.29, 1.82) is 0 Å². The summed E-state index contributed by atoms with van der Waals surface area (Å²) in [6.45, 7) is 3.09. The van der Waals surface area contributed by atoms with E-state index in [4.69, 9.17) is 9.26 Å². The van der Waals surface area contributed by atoms with Crippen LogP contribution in [0.2, 0.25) is 0 Å². The van der Waals surface area contributed by atoms with Crippen molar-refractivity contribution in [3.05, 3.63) is 46.9 Å². The molecule has 2 aromatic rings. The van der Waals surface area contributed by atoms with Crippen LogP contribution in [0.4, 0.5) is 14.5 Å². The predicted octanol–water partition coefficient (Wildman–Crippen LogP) is 2.98. The number of ether oxygens (including phenoxy) is 1. The lowest BCUT2D eigenvalue weighted by molar-refractivity contribution is -0.144. The fourth-order valence-corrected chi connectivity index (χ4v) is 2.87. The van der Waals surface area contributed by atoms with Gasteiger partial charge in [-0.25, -0.2) is 8.78 Å². The number of hydrogen-bond acceptors (Lipinski definition) is 6. The van der Waals surface area contributed by atoms with Crippen LogP contribution in [0, 0.1) is 25.5 Å². The molecule has 1 N–H and O–H groups in total. The van der Waals surface area contributed by atoms with Gasteiger partial charge in [0, 0.05) is 23.1 Å². The minimum atomic E-state index is -1.08. The van der Waals surface area contributed by atoms with Gasteiger partial charge >= 0.3 is 5.97 Å². The highest BCUT2D eigenvalue weighted by atomic mass is 32.2. The van der Waals surface area contributed by atoms with Gasteiger partial charge in [-0.1, -0.05) is 5.16 Å². The number of rotatable bonds is 7. The molecule has 1 aromatic carbocycles. The molecule has 0 fully saturated rings. The molecule has 0 aliphatic carbocycles. The summed E-state index contributed by atoms with van der Waals surface area (Å²) in [5.74, 6) is -2.00. The van der Waals surface area contributed by atoms with E-state index < -0.39 is 30.1 Å². The smallest absolute Gasteiger partial charge is 0.316 e. The van der Waals surface area contributed by atoms with E-state index in [9.17, 15) is 18.4 Å². The van der Waals surface area contributed by atoms with Crippen molar-refractivity contribution < 1.29 is 27.6 Å². The highest BCUT2D eigenvalue weighted by Crippen LogP contribution is 2.19. The van der Waals surface area contributed by atoms with Gasteiger partial charge in [-0.2, -0.15) is 0 Å². The Labute approximate surface area is 146 Å². The van der Waals surface area contributed by atoms with Gasteiger partial charge in [0.1, 0.15) is 5.76 Å². The molecule has 0 aliphatic heterocycles. The second-order valence-corrected chi connectivity index (χ2v) is 6.12. The molecule has 2 rings (SSSR count). The number of carbonyl (C=O) groups excluding carboxylic acids is 2. The number of benzene rings is 1. The summed E-state index contributed by atoms with van der Waals surface area (Å²) < 4.78 is 35.7. The van der Waals surface area contributed by atoms with Crippen molar-refractivity contribution in [1.82, 2.24) is 5.16 Å². The summed E-state index contributed by atoms with van der Waals surface area (Å²) in [5, 5.41) is 6.13. The molecule has 1 aromatic heterocycles. The third kappa shape index (κ3) is 5.56. The largest absolute Gasteiger partial charge is 0.455 e. The molecule has 9 heteroatoms. The number of nitrogens with one attached hydrogen (secondary N) is 1. The zero-order valence-electron chi connectivity index (χ0n) is 13.6. The first-order valence-corrected chi connectivity index (χ1v) is 8.42. The van der Waals surface area contributed by atoms with Gasteiger partial charge in [0.2, 0.25) is 0 Å². The van der Waals surface area contributed by atoms with Gasteiger partial charge in [0.15, 0.2) is 18.2 Å². The zero-order chi connectivity index (χ0) is 18.4. The Bertz CT molecular complexity index is 760.